The van der Waals surface area contributed by atoms with Gasteiger partial charge in [-0.3, -0.25) is 9.89 Å². The number of H-pyrrole nitrogens is 1. The number of aromatic nitrogens is 3. The molecule has 72 valence electrons. The highest BCUT2D eigenvalue weighted by atomic mass is 32.1. The Balaban J connectivity index is 2.76. The topological polar surface area (TPSA) is 70.9 Å². The third-order valence-corrected chi connectivity index (χ3v) is 2.03. The second-order valence-corrected chi connectivity index (χ2v) is 2.97. The summed E-state index contributed by atoms with van der Waals surface area (Å²) in [6.07, 6.45) is 0.496. The van der Waals surface area contributed by atoms with Crippen molar-refractivity contribution < 1.29 is 9.90 Å². The summed E-state index contributed by atoms with van der Waals surface area (Å²) in [6, 6.07) is 0. The van der Waals surface area contributed by atoms with E-state index in [1.165, 1.54) is 0 Å². The molecular weight excluding hydrogens is 190 g/mol. The summed E-state index contributed by atoms with van der Waals surface area (Å²) in [6.45, 7) is 2.65. The monoisotopic (exact) mass is 201 g/mol. The number of nitrogens with zero attached hydrogens (tertiary/aromatic N) is 2. The first-order chi connectivity index (χ1) is 6.15. The molecule has 13 heavy (non-hydrogen) atoms. The summed E-state index contributed by atoms with van der Waals surface area (Å²) in [5.74, 6) is -0.119. The number of carbonyl (C=O) groups is 1. The number of aliphatic carboxylic acids is 1. The van der Waals surface area contributed by atoms with Crippen molar-refractivity contribution in [3.63, 3.8) is 0 Å². The predicted molar refractivity (Wildman–Crippen MR) is 49.0 cm³/mol. The molecule has 1 heterocycles. The highest BCUT2D eigenvalue weighted by Crippen LogP contribution is 2.01. The van der Waals surface area contributed by atoms with Crippen molar-refractivity contribution in [2.24, 2.45) is 0 Å². The normalized spacial score (nSPS) is 10.2. The van der Waals surface area contributed by atoms with Crippen LogP contribution in [-0.2, 0) is 17.8 Å². The quantitative estimate of drug-likeness (QED) is 0.712. The van der Waals surface area contributed by atoms with Crippen molar-refractivity contribution >= 4 is 18.2 Å². The minimum Gasteiger partial charge on any atom is -0.481 e. The van der Waals surface area contributed by atoms with Crippen LogP contribution in [0.5, 0.6) is 0 Å². The molecule has 0 atom stereocenters. The van der Waals surface area contributed by atoms with E-state index < -0.39 is 5.97 Å². The molecule has 0 amide bonds. The fourth-order valence-electron chi connectivity index (χ4n) is 1.09. The molecule has 5 nitrogen and oxygen atoms in total. The molecule has 1 aromatic heterocycles. The lowest BCUT2D eigenvalue weighted by Gasteiger charge is -2.00. The minimum atomic E-state index is -0.823. The van der Waals surface area contributed by atoms with Gasteiger partial charge in [0.25, 0.3) is 0 Å². The SMILES string of the molecule is CCn1c(CCC(=O)O)n[nH]c1=S. The van der Waals surface area contributed by atoms with Gasteiger partial charge in [-0.1, -0.05) is 0 Å². The molecule has 0 aliphatic rings. The van der Waals surface area contributed by atoms with Crippen molar-refractivity contribution in [1.82, 2.24) is 14.8 Å². The molecule has 0 aliphatic carbocycles. The first-order valence-corrected chi connectivity index (χ1v) is 4.41. The van der Waals surface area contributed by atoms with E-state index >= 15 is 0 Å². The molecule has 0 fully saturated rings. The van der Waals surface area contributed by atoms with Crippen LogP contribution in [0.15, 0.2) is 0 Å². The Bertz CT molecular complexity index is 355. The minimum absolute atomic E-state index is 0.0830. The van der Waals surface area contributed by atoms with E-state index in [0.29, 0.717) is 23.6 Å². The zero-order valence-corrected chi connectivity index (χ0v) is 8.10. The molecule has 0 aliphatic heterocycles. The molecular formula is C7H11N3O2S. The molecule has 0 saturated heterocycles. The van der Waals surface area contributed by atoms with E-state index in [1.54, 1.807) is 4.57 Å². The largest absolute Gasteiger partial charge is 0.481 e. The van der Waals surface area contributed by atoms with Crippen LogP contribution in [-0.4, -0.2) is 25.8 Å². The average molecular weight is 201 g/mol. The van der Waals surface area contributed by atoms with Crippen LogP contribution in [0.1, 0.15) is 19.2 Å². The molecule has 0 spiro atoms. The van der Waals surface area contributed by atoms with Gasteiger partial charge in [-0.05, 0) is 19.1 Å². The standard InChI is InChI=1S/C7H11N3O2S/c1-2-10-5(3-4-6(11)12)8-9-7(10)13/h2-4H2,1H3,(H,9,13)(H,11,12). The van der Waals surface area contributed by atoms with Crippen LogP contribution in [0, 0.1) is 4.77 Å². The Morgan fingerprint density at radius 2 is 2.46 bits per heavy atom. The van der Waals surface area contributed by atoms with Crippen LogP contribution < -0.4 is 0 Å². The lowest BCUT2D eigenvalue weighted by atomic mass is 10.3. The maximum absolute atomic E-state index is 10.3. The molecule has 0 unspecified atom stereocenters. The van der Waals surface area contributed by atoms with Crippen LogP contribution in [0.2, 0.25) is 0 Å². The highest BCUT2D eigenvalue weighted by Gasteiger charge is 2.06. The number of rotatable bonds is 4. The Hall–Kier alpha value is -1.17. The van der Waals surface area contributed by atoms with Gasteiger partial charge < -0.3 is 9.67 Å². The van der Waals surface area contributed by atoms with Crippen molar-refractivity contribution in [1.29, 1.82) is 0 Å². The molecule has 6 heteroatoms. The summed E-state index contributed by atoms with van der Waals surface area (Å²) in [4.78, 5) is 10.3. The Labute approximate surface area is 80.4 Å². The number of carboxylic acids is 1. The van der Waals surface area contributed by atoms with Crippen molar-refractivity contribution in [3.05, 3.63) is 10.6 Å². The van der Waals surface area contributed by atoms with Gasteiger partial charge in [0.15, 0.2) is 4.77 Å². The molecule has 0 bridgehead atoms. The average Bonchev–Trinajstić information content (AvgIpc) is 2.42. The first-order valence-electron chi connectivity index (χ1n) is 4.01. The summed E-state index contributed by atoms with van der Waals surface area (Å²) in [7, 11) is 0. The second-order valence-electron chi connectivity index (χ2n) is 2.58. The van der Waals surface area contributed by atoms with Gasteiger partial charge >= 0.3 is 5.97 Å². The molecule has 0 aromatic carbocycles. The lowest BCUT2D eigenvalue weighted by Crippen LogP contribution is -2.05. The summed E-state index contributed by atoms with van der Waals surface area (Å²) < 4.78 is 2.33. The summed E-state index contributed by atoms with van der Waals surface area (Å²) in [5, 5.41) is 15.0. The van der Waals surface area contributed by atoms with Gasteiger partial charge in [-0.25, -0.2) is 0 Å². The molecule has 2 N–H and O–H groups in total. The van der Waals surface area contributed by atoms with Crippen molar-refractivity contribution in [2.45, 2.75) is 26.3 Å². The Kier molecular flexibility index (Phi) is 3.18. The van der Waals surface area contributed by atoms with Gasteiger partial charge in [0.05, 0.1) is 6.42 Å². The van der Waals surface area contributed by atoms with E-state index in [4.69, 9.17) is 17.3 Å². The zero-order valence-electron chi connectivity index (χ0n) is 7.28. The van der Waals surface area contributed by atoms with E-state index in [2.05, 4.69) is 10.2 Å². The molecule has 1 aromatic rings. The number of aromatic amines is 1. The van der Waals surface area contributed by atoms with Crippen molar-refractivity contribution in [2.75, 3.05) is 0 Å². The Morgan fingerprint density at radius 3 is 3.00 bits per heavy atom. The molecule has 0 radical (unpaired) electrons. The highest BCUT2D eigenvalue weighted by molar-refractivity contribution is 7.71. The fourth-order valence-corrected chi connectivity index (χ4v) is 1.37. The number of carboxylic acid groups (broad SMARTS) is 1. The number of aryl methyl sites for hydroxylation is 1. The number of hydrogen-bond donors (Lipinski definition) is 2. The second kappa shape index (κ2) is 4.18. The predicted octanol–water partition coefficient (Wildman–Crippen LogP) is 0.978. The maximum atomic E-state index is 10.3. The summed E-state index contributed by atoms with van der Waals surface area (Å²) >= 11 is 4.95. The maximum Gasteiger partial charge on any atom is 0.303 e. The van der Waals surface area contributed by atoms with Gasteiger partial charge in [0.1, 0.15) is 5.82 Å². The summed E-state index contributed by atoms with van der Waals surface area (Å²) in [5.41, 5.74) is 0. The van der Waals surface area contributed by atoms with Gasteiger partial charge in [0, 0.05) is 13.0 Å². The number of nitrogens with one attached hydrogen (secondary N) is 1. The van der Waals surface area contributed by atoms with E-state index in [-0.39, 0.29) is 6.42 Å². The zero-order chi connectivity index (χ0) is 9.84. The molecule has 0 saturated carbocycles. The van der Waals surface area contributed by atoms with E-state index in [1.807, 2.05) is 6.92 Å². The van der Waals surface area contributed by atoms with Crippen LogP contribution >= 0.6 is 12.2 Å². The van der Waals surface area contributed by atoms with Gasteiger partial charge in [-0.15, -0.1) is 0 Å². The lowest BCUT2D eigenvalue weighted by molar-refractivity contribution is -0.137. The number of hydrogen-bond acceptors (Lipinski definition) is 3. The molecule has 1 rings (SSSR count). The van der Waals surface area contributed by atoms with Crippen LogP contribution in [0.3, 0.4) is 0 Å². The van der Waals surface area contributed by atoms with Crippen LogP contribution in [0.25, 0.3) is 0 Å². The fraction of sp³-hybridized carbons (Fsp3) is 0.571. The third-order valence-electron chi connectivity index (χ3n) is 1.72. The van der Waals surface area contributed by atoms with Gasteiger partial charge in [0.2, 0.25) is 0 Å². The van der Waals surface area contributed by atoms with E-state index in [9.17, 15) is 4.79 Å². The smallest absolute Gasteiger partial charge is 0.303 e. The van der Waals surface area contributed by atoms with Gasteiger partial charge in [-0.2, -0.15) is 5.10 Å². The Morgan fingerprint density at radius 1 is 1.77 bits per heavy atom. The van der Waals surface area contributed by atoms with Crippen LogP contribution in [0.4, 0.5) is 0 Å². The van der Waals surface area contributed by atoms with E-state index in [0.717, 1.165) is 0 Å². The van der Waals surface area contributed by atoms with Crippen molar-refractivity contribution in [3.8, 4) is 0 Å². The third kappa shape index (κ3) is 2.38. The first kappa shape index (κ1) is 9.91.